The fourth-order valence-corrected chi connectivity index (χ4v) is 3.37. The van der Waals surface area contributed by atoms with Crippen LogP contribution >= 0.6 is 0 Å². The molecule has 7 nitrogen and oxygen atoms in total. The van der Waals surface area contributed by atoms with Gasteiger partial charge in [0.15, 0.2) is 0 Å². The quantitative estimate of drug-likeness (QED) is 0.823. The van der Waals surface area contributed by atoms with Crippen LogP contribution in [-0.2, 0) is 16.6 Å². The van der Waals surface area contributed by atoms with Gasteiger partial charge in [-0.1, -0.05) is 0 Å². The maximum atomic E-state index is 11.8. The molecule has 0 bridgehead atoms. The van der Waals surface area contributed by atoms with Crippen molar-refractivity contribution >= 4 is 10.0 Å². The van der Waals surface area contributed by atoms with E-state index >= 15 is 0 Å². The van der Waals surface area contributed by atoms with Crippen molar-refractivity contribution in [2.75, 3.05) is 19.4 Å². The van der Waals surface area contributed by atoms with Gasteiger partial charge < -0.3 is 4.74 Å². The molecule has 0 spiro atoms. The van der Waals surface area contributed by atoms with E-state index in [0.29, 0.717) is 31.9 Å². The minimum Gasteiger partial charge on any atom is -0.492 e. The standard InChI is InChI=1S/C14H18N4O3S/c1-22(19,20)17-10-12-4-7-16-18(12)13(11-17)5-8-21-14-3-2-6-15-9-14/h2-4,6-7,9,13H,5,8,10-11H2,1H3. The summed E-state index contributed by atoms with van der Waals surface area (Å²) in [6.45, 7) is 1.27. The van der Waals surface area contributed by atoms with Crippen LogP contribution in [0.1, 0.15) is 18.2 Å². The topological polar surface area (TPSA) is 77.3 Å². The smallest absolute Gasteiger partial charge is 0.211 e. The molecule has 22 heavy (non-hydrogen) atoms. The van der Waals surface area contributed by atoms with Gasteiger partial charge >= 0.3 is 0 Å². The van der Waals surface area contributed by atoms with E-state index in [-0.39, 0.29) is 6.04 Å². The van der Waals surface area contributed by atoms with E-state index in [1.165, 1.54) is 10.6 Å². The lowest BCUT2D eigenvalue weighted by molar-refractivity contribution is 0.214. The molecule has 0 aliphatic carbocycles. The van der Waals surface area contributed by atoms with Crippen LogP contribution < -0.4 is 4.74 Å². The predicted octanol–water partition coefficient (Wildman–Crippen LogP) is 1.06. The minimum atomic E-state index is -3.22. The van der Waals surface area contributed by atoms with Gasteiger partial charge in [0, 0.05) is 25.4 Å². The molecule has 1 unspecified atom stereocenters. The molecule has 0 amide bonds. The average molecular weight is 322 g/mol. The number of aromatic nitrogens is 3. The van der Waals surface area contributed by atoms with Crippen LogP contribution in [0.15, 0.2) is 36.8 Å². The highest BCUT2D eigenvalue weighted by atomic mass is 32.2. The van der Waals surface area contributed by atoms with Gasteiger partial charge in [-0.25, -0.2) is 8.42 Å². The Balaban J connectivity index is 1.67. The molecule has 2 aromatic rings. The van der Waals surface area contributed by atoms with Crippen LogP contribution in [0.3, 0.4) is 0 Å². The molecular formula is C14H18N4O3S. The van der Waals surface area contributed by atoms with Crippen molar-refractivity contribution < 1.29 is 13.2 Å². The van der Waals surface area contributed by atoms with Crippen LogP contribution in [0, 0.1) is 0 Å². The summed E-state index contributed by atoms with van der Waals surface area (Å²) in [6.07, 6.45) is 6.96. The van der Waals surface area contributed by atoms with E-state index in [1.807, 2.05) is 22.9 Å². The highest BCUT2D eigenvalue weighted by molar-refractivity contribution is 7.88. The second kappa shape index (κ2) is 6.05. The molecule has 0 N–H and O–H groups in total. The Morgan fingerprint density at radius 2 is 2.23 bits per heavy atom. The lowest BCUT2D eigenvalue weighted by atomic mass is 10.1. The molecule has 0 fully saturated rings. The molecule has 1 aliphatic rings. The number of rotatable bonds is 5. The third-order valence-electron chi connectivity index (χ3n) is 3.67. The van der Waals surface area contributed by atoms with Gasteiger partial charge in [-0.2, -0.15) is 9.40 Å². The first kappa shape index (κ1) is 15.0. The Bertz CT molecular complexity index is 730. The Labute approximate surface area is 129 Å². The number of nitrogens with zero attached hydrogens (tertiary/aromatic N) is 4. The molecule has 3 rings (SSSR count). The number of pyridine rings is 1. The van der Waals surface area contributed by atoms with Crippen molar-refractivity contribution in [3.05, 3.63) is 42.5 Å². The average Bonchev–Trinajstić information content (AvgIpc) is 2.96. The third kappa shape index (κ3) is 3.28. The Morgan fingerprint density at radius 3 is 2.95 bits per heavy atom. The monoisotopic (exact) mass is 322 g/mol. The summed E-state index contributed by atoms with van der Waals surface area (Å²) in [6, 6.07) is 5.49. The number of sulfonamides is 1. The molecule has 1 atom stereocenters. The Kier molecular flexibility index (Phi) is 4.12. The van der Waals surface area contributed by atoms with E-state index in [2.05, 4.69) is 10.1 Å². The number of hydrogen-bond donors (Lipinski definition) is 0. The van der Waals surface area contributed by atoms with Gasteiger partial charge in [-0.05, 0) is 18.2 Å². The molecule has 0 radical (unpaired) electrons. The van der Waals surface area contributed by atoms with E-state index in [0.717, 1.165) is 5.69 Å². The van der Waals surface area contributed by atoms with Gasteiger partial charge in [0.2, 0.25) is 10.0 Å². The summed E-state index contributed by atoms with van der Waals surface area (Å²) >= 11 is 0. The van der Waals surface area contributed by atoms with Gasteiger partial charge in [0.1, 0.15) is 5.75 Å². The molecule has 3 heterocycles. The van der Waals surface area contributed by atoms with Crippen molar-refractivity contribution in [2.45, 2.75) is 19.0 Å². The highest BCUT2D eigenvalue weighted by Gasteiger charge is 2.30. The molecule has 0 aromatic carbocycles. The summed E-state index contributed by atoms with van der Waals surface area (Å²) in [5.41, 5.74) is 0.906. The number of fused-ring (bicyclic) bond motifs is 1. The van der Waals surface area contributed by atoms with Gasteiger partial charge in [0.25, 0.3) is 0 Å². The van der Waals surface area contributed by atoms with Gasteiger partial charge in [-0.15, -0.1) is 0 Å². The summed E-state index contributed by atoms with van der Waals surface area (Å²) < 4.78 is 32.7. The summed E-state index contributed by atoms with van der Waals surface area (Å²) in [7, 11) is -3.22. The van der Waals surface area contributed by atoms with Gasteiger partial charge in [-0.3, -0.25) is 9.67 Å². The van der Waals surface area contributed by atoms with E-state index in [4.69, 9.17) is 4.74 Å². The zero-order valence-electron chi connectivity index (χ0n) is 12.3. The van der Waals surface area contributed by atoms with Crippen LogP contribution in [-0.4, -0.2) is 46.9 Å². The first-order chi connectivity index (χ1) is 10.5. The summed E-state index contributed by atoms with van der Waals surface area (Å²) in [4.78, 5) is 3.99. The highest BCUT2D eigenvalue weighted by Crippen LogP contribution is 2.24. The Morgan fingerprint density at radius 1 is 1.36 bits per heavy atom. The van der Waals surface area contributed by atoms with Crippen molar-refractivity contribution in [1.82, 2.24) is 19.1 Å². The second-order valence-corrected chi connectivity index (χ2v) is 7.28. The molecule has 8 heteroatoms. The van der Waals surface area contributed by atoms with Crippen molar-refractivity contribution in [3.63, 3.8) is 0 Å². The van der Waals surface area contributed by atoms with Crippen LogP contribution in [0.2, 0.25) is 0 Å². The summed E-state index contributed by atoms with van der Waals surface area (Å²) in [5.74, 6) is 0.707. The normalized spacial score (nSPS) is 18.9. The molecular weight excluding hydrogens is 304 g/mol. The molecule has 118 valence electrons. The lowest BCUT2D eigenvalue weighted by Gasteiger charge is -2.32. The van der Waals surface area contributed by atoms with Crippen LogP contribution in [0.25, 0.3) is 0 Å². The Hall–Kier alpha value is -1.93. The van der Waals surface area contributed by atoms with Crippen molar-refractivity contribution in [2.24, 2.45) is 0 Å². The molecule has 0 saturated heterocycles. The van der Waals surface area contributed by atoms with Gasteiger partial charge in [0.05, 0.1) is 37.3 Å². The van der Waals surface area contributed by atoms with E-state index in [1.54, 1.807) is 18.6 Å². The molecule has 1 aliphatic heterocycles. The minimum absolute atomic E-state index is 0.0230. The van der Waals surface area contributed by atoms with Crippen LogP contribution in [0.5, 0.6) is 5.75 Å². The first-order valence-electron chi connectivity index (χ1n) is 7.04. The maximum absolute atomic E-state index is 11.8. The fourth-order valence-electron chi connectivity index (χ4n) is 2.56. The van der Waals surface area contributed by atoms with E-state index in [9.17, 15) is 8.42 Å². The van der Waals surface area contributed by atoms with E-state index < -0.39 is 10.0 Å². The largest absolute Gasteiger partial charge is 0.492 e. The fraction of sp³-hybridized carbons (Fsp3) is 0.429. The zero-order valence-corrected chi connectivity index (χ0v) is 13.1. The maximum Gasteiger partial charge on any atom is 0.211 e. The SMILES string of the molecule is CS(=O)(=O)N1Cc2ccnn2C(CCOc2cccnc2)C1. The van der Waals surface area contributed by atoms with Crippen molar-refractivity contribution in [3.8, 4) is 5.75 Å². The number of hydrogen-bond acceptors (Lipinski definition) is 5. The van der Waals surface area contributed by atoms with Crippen LogP contribution in [0.4, 0.5) is 0 Å². The second-order valence-electron chi connectivity index (χ2n) is 5.30. The molecule has 0 saturated carbocycles. The zero-order chi connectivity index (χ0) is 15.6. The summed E-state index contributed by atoms with van der Waals surface area (Å²) in [5, 5.41) is 4.31. The number of ether oxygens (including phenoxy) is 1. The lowest BCUT2D eigenvalue weighted by Crippen LogP contribution is -2.41. The molecule has 2 aromatic heterocycles. The predicted molar refractivity (Wildman–Crippen MR) is 80.9 cm³/mol. The third-order valence-corrected chi connectivity index (χ3v) is 4.89. The first-order valence-corrected chi connectivity index (χ1v) is 8.89. The van der Waals surface area contributed by atoms with Crippen molar-refractivity contribution in [1.29, 1.82) is 0 Å².